The molecule has 2 bridgehead atoms. The molecular formula is C25H32S2. The highest BCUT2D eigenvalue weighted by Gasteiger charge is 2.38. The van der Waals surface area contributed by atoms with Crippen LogP contribution in [-0.2, 0) is 0 Å². The molecule has 0 nitrogen and oxygen atoms in total. The van der Waals surface area contributed by atoms with E-state index in [1.807, 2.05) is 0 Å². The standard InChI is InChI=1S/C25H32S2/c1-18-3-11-24(12-4-18)26-16-22-9-7-21-15-20(22)8-10-23(21)17-27-25-13-5-19(2)6-14-25/h3-6,11-14,20-23H,7-10,15-17H2,1-2H3. The van der Waals surface area contributed by atoms with Crippen molar-refractivity contribution in [3.63, 3.8) is 0 Å². The fourth-order valence-electron chi connectivity index (χ4n) is 4.92. The molecule has 0 N–H and O–H groups in total. The molecule has 2 heteroatoms. The summed E-state index contributed by atoms with van der Waals surface area (Å²) in [6.45, 7) is 4.34. The Morgan fingerprint density at radius 3 is 1.44 bits per heavy atom. The SMILES string of the molecule is Cc1ccc(SCC2CCC3CC2CCC3CSc2ccc(C)cc2)cc1. The molecular weight excluding hydrogens is 364 g/mol. The summed E-state index contributed by atoms with van der Waals surface area (Å²) in [5.74, 6) is 6.51. The molecule has 2 aromatic carbocycles. The molecule has 4 rings (SSSR count). The van der Waals surface area contributed by atoms with Gasteiger partial charge in [0.25, 0.3) is 0 Å². The Kier molecular flexibility index (Phi) is 6.55. The Hall–Kier alpha value is -0.860. The molecule has 0 spiro atoms. The molecule has 2 aromatic rings. The van der Waals surface area contributed by atoms with E-state index in [2.05, 4.69) is 85.9 Å². The molecule has 0 radical (unpaired) electrons. The maximum atomic E-state index is 2.30. The average molecular weight is 397 g/mol. The van der Waals surface area contributed by atoms with Gasteiger partial charge in [0.2, 0.25) is 0 Å². The zero-order chi connectivity index (χ0) is 18.6. The third kappa shape index (κ3) is 5.15. The van der Waals surface area contributed by atoms with Gasteiger partial charge in [-0.2, -0.15) is 0 Å². The summed E-state index contributed by atoms with van der Waals surface area (Å²) < 4.78 is 0. The summed E-state index contributed by atoms with van der Waals surface area (Å²) in [6, 6.07) is 18.2. The van der Waals surface area contributed by atoms with Crippen LogP contribution in [0.15, 0.2) is 58.3 Å². The van der Waals surface area contributed by atoms with Gasteiger partial charge in [0.05, 0.1) is 0 Å². The summed E-state index contributed by atoms with van der Waals surface area (Å²) in [5, 5.41) is 0. The monoisotopic (exact) mass is 396 g/mol. The number of rotatable bonds is 6. The average Bonchev–Trinajstić information content (AvgIpc) is 2.69. The van der Waals surface area contributed by atoms with Crippen LogP contribution in [0.2, 0.25) is 0 Å². The van der Waals surface area contributed by atoms with Gasteiger partial charge in [-0.1, -0.05) is 35.4 Å². The lowest BCUT2D eigenvalue weighted by Gasteiger charge is -2.44. The first kappa shape index (κ1) is 19.5. The molecule has 144 valence electrons. The first-order valence-corrected chi connectivity index (χ1v) is 12.5. The van der Waals surface area contributed by atoms with Crippen LogP contribution in [0.4, 0.5) is 0 Å². The number of thioether (sulfide) groups is 2. The van der Waals surface area contributed by atoms with Crippen molar-refractivity contribution in [3.8, 4) is 0 Å². The predicted octanol–water partition coefficient (Wildman–Crippen LogP) is 7.63. The maximum Gasteiger partial charge on any atom is 0.00722 e. The second-order valence-corrected chi connectivity index (χ2v) is 10.9. The molecule has 0 saturated heterocycles. The number of hydrogen-bond donors (Lipinski definition) is 0. The van der Waals surface area contributed by atoms with E-state index < -0.39 is 0 Å². The van der Waals surface area contributed by atoms with Gasteiger partial charge in [0, 0.05) is 21.3 Å². The number of benzene rings is 2. The van der Waals surface area contributed by atoms with Gasteiger partial charge in [-0.15, -0.1) is 23.5 Å². The van der Waals surface area contributed by atoms with Crippen molar-refractivity contribution in [1.82, 2.24) is 0 Å². The van der Waals surface area contributed by atoms with Crippen molar-refractivity contribution in [2.45, 2.75) is 55.7 Å². The Morgan fingerprint density at radius 2 is 1.04 bits per heavy atom. The minimum atomic E-state index is 0.943. The lowest BCUT2D eigenvalue weighted by molar-refractivity contribution is 0.0933. The normalized spacial score (nSPS) is 27.5. The van der Waals surface area contributed by atoms with Crippen LogP contribution < -0.4 is 0 Å². The summed E-state index contributed by atoms with van der Waals surface area (Å²) in [4.78, 5) is 2.90. The van der Waals surface area contributed by atoms with E-state index in [9.17, 15) is 0 Å². The molecule has 0 aromatic heterocycles. The molecule has 2 fully saturated rings. The number of hydrogen-bond acceptors (Lipinski definition) is 2. The summed E-state index contributed by atoms with van der Waals surface area (Å²) >= 11 is 4.17. The zero-order valence-corrected chi connectivity index (χ0v) is 18.3. The number of fused-ring (bicyclic) bond motifs is 2. The second-order valence-electron chi connectivity index (χ2n) is 8.68. The van der Waals surface area contributed by atoms with E-state index in [0.717, 1.165) is 23.7 Å². The Labute approximate surface area is 173 Å². The van der Waals surface area contributed by atoms with E-state index in [1.54, 1.807) is 0 Å². The van der Waals surface area contributed by atoms with Crippen LogP contribution in [0, 0.1) is 37.5 Å². The summed E-state index contributed by atoms with van der Waals surface area (Å²) in [6.07, 6.45) is 7.35. The van der Waals surface area contributed by atoms with E-state index >= 15 is 0 Å². The Balaban J connectivity index is 1.25. The summed E-state index contributed by atoms with van der Waals surface area (Å²) in [5.41, 5.74) is 2.73. The Bertz CT molecular complexity index is 655. The van der Waals surface area contributed by atoms with E-state index in [4.69, 9.17) is 0 Å². The fraction of sp³-hybridized carbons (Fsp3) is 0.520. The quantitative estimate of drug-likeness (QED) is 0.460. The molecule has 0 amide bonds. The van der Waals surface area contributed by atoms with Crippen molar-refractivity contribution in [1.29, 1.82) is 0 Å². The van der Waals surface area contributed by atoms with E-state index in [1.165, 1.54) is 64.5 Å². The van der Waals surface area contributed by atoms with Gasteiger partial charge in [0.1, 0.15) is 0 Å². The van der Waals surface area contributed by atoms with Crippen LogP contribution in [0.5, 0.6) is 0 Å². The highest BCUT2D eigenvalue weighted by Crippen LogP contribution is 2.48. The van der Waals surface area contributed by atoms with Crippen LogP contribution in [0.3, 0.4) is 0 Å². The topological polar surface area (TPSA) is 0 Å². The van der Waals surface area contributed by atoms with Crippen molar-refractivity contribution in [2.75, 3.05) is 11.5 Å². The van der Waals surface area contributed by atoms with Crippen molar-refractivity contribution >= 4 is 23.5 Å². The maximum absolute atomic E-state index is 2.30. The van der Waals surface area contributed by atoms with Gasteiger partial charge in [-0.25, -0.2) is 0 Å². The minimum absolute atomic E-state index is 0.943. The van der Waals surface area contributed by atoms with Gasteiger partial charge in [0.15, 0.2) is 0 Å². The van der Waals surface area contributed by atoms with E-state index in [-0.39, 0.29) is 0 Å². The van der Waals surface area contributed by atoms with Crippen LogP contribution in [0.1, 0.15) is 43.2 Å². The van der Waals surface area contributed by atoms with Crippen LogP contribution in [-0.4, -0.2) is 11.5 Å². The van der Waals surface area contributed by atoms with Gasteiger partial charge in [-0.05, 0) is 93.9 Å². The van der Waals surface area contributed by atoms with Crippen LogP contribution >= 0.6 is 23.5 Å². The minimum Gasteiger partial charge on any atom is -0.126 e. The molecule has 27 heavy (non-hydrogen) atoms. The fourth-order valence-corrected chi connectivity index (χ4v) is 7.27. The van der Waals surface area contributed by atoms with Crippen molar-refractivity contribution in [2.24, 2.45) is 23.7 Å². The highest BCUT2D eigenvalue weighted by molar-refractivity contribution is 7.99. The lowest BCUT2D eigenvalue weighted by atomic mass is 9.63. The van der Waals surface area contributed by atoms with Gasteiger partial charge in [-0.3, -0.25) is 0 Å². The molecule has 2 saturated carbocycles. The third-order valence-corrected chi connectivity index (χ3v) is 9.13. The molecule has 2 aliphatic rings. The Morgan fingerprint density at radius 1 is 0.630 bits per heavy atom. The largest absolute Gasteiger partial charge is 0.126 e. The molecule has 4 atom stereocenters. The third-order valence-electron chi connectivity index (χ3n) is 6.73. The van der Waals surface area contributed by atoms with Crippen molar-refractivity contribution < 1.29 is 0 Å². The zero-order valence-electron chi connectivity index (χ0n) is 16.7. The van der Waals surface area contributed by atoms with Gasteiger partial charge < -0.3 is 0 Å². The first-order valence-electron chi connectivity index (χ1n) is 10.6. The molecule has 0 aliphatic heterocycles. The molecule has 0 heterocycles. The van der Waals surface area contributed by atoms with Gasteiger partial charge >= 0.3 is 0 Å². The molecule has 4 unspecified atom stereocenters. The van der Waals surface area contributed by atoms with E-state index in [0.29, 0.717) is 0 Å². The first-order chi connectivity index (χ1) is 13.2. The second kappa shape index (κ2) is 9.09. The smallest absolute Gasteiger partial charge is 0.00722 e. The highest BCUT2D eigenvalue weighted by atomic mass is 32.2. The van der Waals surface area contributed by atoms with Crippen molar-refractivity contribution in [3.05, 3.63) is 59.7 Å². The van der Waals surface area contributed by atoms with Crippen LogP contribution in [0.25, 0.3) is 0 Å². The molecule has 2 aliphatic carbocycles. The lowest BCUT2D eigenvalue weighted by Crippen LogP contribution is -2.36. The summed E-state index contributed by atoms with van der Waals surface area (Å²) in [7, 11) is 0. The predicted molar refractivity (Wildman–Crippen MR) is 121 cm³/mol. The number of aryl methyl sites for hydroxylation is 2.